The van der Waals surface area contributed by atoms with Crippen molar-refractivity contribution in [3.63, 3.8) is 0 Å². The zero-order valence-electron chi connectivity index (χ0n) is 20.7. The van der Waals surface area contributed by atoms with Crippen molar-refractivity contribution in [3.05, 3.63) is 70.3 Å². The third-order valence-electron chi connectivity index (χ3n) is 6.40. The van der Waals surface area contributed by atoms with Crippen LogP contribution >= 0.6 is 0 Å². The van der Waals surface area contributed by atoms with E-state index in [-0.39, 0.29) is 5.91 Å². The van der Waals surface area contributed by atoms with E-state index in [0.717, 1.165) is 67.6 Å². The number of rotatable bonds is 8. The maximum atomic E-state index is 12.7. The van der Waals surface area contributed by atoms with Gasteiger partial charge in [0.05, 0.1) is 12.1 Å². The Kier molecular flexibility index (Phi) is 7.70. The molecule has 1 aliphatic rings. The van der Waals surface area contributed by atoms with Crippen LogP contribution in [0.4, 0.5) is 0 Å². The SMILES string of the molecule is Cc1cc(C)nc(-n2nc(C)c(CC(=O)NCCN3CCN(Cc4ccccc4)CC3)c2C)n1. The molecule has 0 radical (unpaired) electrons. The van der Waals surface area contributed by atoms with Crippen LogP contribution in [-0.4, -0.2) is 74.7 Å². The summed E-state index contributed by atoms with van der Waals surface area (Å²) in [5.74, 6) is 0.575. The van der Waals surface area contributed by atoms with Crippen molar-refractivity contribution in [1.29, 1.82) is 0 Å². The summed E-state index contributed by atoms with van der Waals surface area (Å²) in [6.45, 7) is 14.5. The zero-order valence-corrected chi connectivity index (χ0v) is 20.7. The molecule has 2 aromatic heterocycles. The Morgan fingerprint density at radius 1 is 0.941 bits per heavy atom. The van der Waals surface area contributed by atoms with Gasteiger partial charge in [0.25, 0.3) is 5.95 Å². The third-order valence-corrected chi connectivity index (χ3v) is 6.40. The summed E-state index contributed by atoms with van der Waals surface area (Å²) in [5.41, 5.74) is 5.85. The molecule has 8 heteroatoms. The summed E-state index contributed by atoms with van der Waals surface area (Å²) in [5, 5.41) is 7.69. The van der Waals surface area contributed by atoms with E-state index in [2.05, 4.69) is 60.5 Å². The van der Waals surface area contributed by atoms with Gasteiger partial charge in [-0.1, -0.05) is 30.3 Å². The lowest BCUT2D eigenvalue weighted by atomic mass is 10.1. The lowest BCUT2D eigenvalue weighted by Gasteiger charge is -2.34. The molecular formula is C26H35N7O. The van der Waals surface area contributed by atoms with Gasteiger partial charge in [0.1, 0.15) is 0 Å². The Bertz CT molecular complexity index is 1100. The molecule has 3 aromatic rings. The Hall–Kier alpha value is -3.10. The van der Waals surface area contributed by atoms with E-state index in [9.17, 15) is 4.79 Å². The van der Waals surface area contributed by atoms with Crippen LogP contribution in [0.3, 0.4) is 0 Å². The number of piperazine rings is 1. The Morgan fingerprint density at radius 2 is 1.59 bits per heavy atom. The summed E-state index contributed by atoms with van der Waals surface area (Å²) in [6, 6.07) is 12.6. The summed E-state index contributed by atoms with van der Waals surface area (Å²) in [7, 11) is 0. The number of benzene rings is 1. The largest absolute Gasteiger partial charge is 0.355 e. The molecule has 34 heavy (non-hydrogen) atoms. The van der Waals surface area contributed by atoms with Crippen molar-refractivity contribution < 1.29 is 4.79 Å². The number of amides is 1. The molecule has 0 unspecified atom stereocenters. The quantitative estimate of drug-likeness (QED) is 0.555. The number of carbonyl (C=O) groups excluding carboxylic acids is 1. The number of nitrogens with one attached hydrogen (secondary N) is 1. The number of hydrogen-bond donors (Lipinski definition) is 1. The average Bonchev–Trinajstić information content (AvgIpc) is 3.09. The van der Waals surface area contributed by atoms with Crippen molar-refractivity contribution in [2.24, 2.45) is 0 Å². The molecule has 0 bridgehead atoms. The van der Waals surface area contributed by atoms with Crippen molar-refractivity contribution in [2.75, 3.05) is 39.3 Å². The molecule has 0 atom stereocenters. The van der Waals surface area contributed by atoms with Gasteiger partial charge in [0.2, 0.25) is 5.91 Å². The second kappa shape index (κ2) is 10.9. The van der Waals surface area contributed by atoms with Gasteiger partial charge in [0.15, 0.2) is 0 Å². The monoisotopic (exact) mass is 461 g/mol. The molecule has 0 saturated carbocycles. The highest BCUT2D eigenvalue weighted by atomic mass is 16.1. The van der Waals surface area contributed by atoms with Gasteiger partial charge >= 0.3 is 0 Å². The summed E-state index contributed by atoms with van der Waals surface area (Å²) in [4.78, 5) is 26.6. The second-order valence-corrected chi connectivity index (χ2v) is 9.14. The van der Waals surface area contributed by atoms with Gasteiger partial charge < -0.3 is 5.32 Å². The molecule has 1 aromatic carbocycles. The Balaban J connectivity index is 1.24. The van der Waals surface area contributed by atoms with Gasteiger partial charge in [-0.05, 0) is 39.3 Å². The highest BCUT2D eigenvalue weighted by Crippen LogP contribution is 2.17. The van der Waals surface area contributed by atoms with Crippen LogP contribution in [0.15, 0.2) is 36.4 Å². The summed E-state index contributed by atoms with van der Waals surface area (Å²) < 4.78 is 1.74. The van der Waals surface area contributed by atoms with E-state index < -0.39 is 0 Å². The van der Waals surface area contributed by atoms with E-state index in [1.54, 1.807) is 4.68 Å². The van der Waals surface area contributed by atoms with E-state index in [4.69, 9.17) is 0 Å². The minimum Gasteiger partial charge on any atom is -0.355 e. The molecule has 0 spiro atoms. The van der Waals surface area contributed by atoms with Gasteiger partial charge in [-0.25, -0.2) is 14.6 Å². The van der Waals surface area contributed by atoms with Crippen LogP contribution in [0, 0.1) is 27.7 Å². The fourth-order valence-electron chi connectivity index (χ4n) is 4.52. The smallest absolute Gasteiger partial charge is 0.251 e. The van der Waals surface area contributed by atoms with Crippen molar-refractivity contribution in [3.8, 4) is 5.95 Å². The van der Waals surface area contributed by atoms with Crippen LogP contribution in [0.1, 0.15) is 33.9 Å². The molecule has 0 aliphatic carbocycles. The van der Waals surface area contributed by atoms with Crippen LogP contribution in [-0.2, 0) is 17.8 Å². The molecule has 4 rings (SSSR count). The van der Waals surface area contributed by atoms with E-state index in [1.807, 2.05) is 33.8 Å². The molecule has 180 valence electrons. The molecular weight excluding hydrogens is 426 g/mol. The first-order valence-corrected chi connectivity index (χ1v) is 12.0. The molecule has 1 N–H and O–H groups in total. The van der Waals surface area contributed by atoms with E-state index in [0.29, 0.717) is 18.9 Å². The van der Waals surface area contributed by atoms with Crippen LogP contribution in [0.5, 0.6) is 0 Å². The predicted molar refractivity (Wildman–Crippen MR) is 133 cm³/mol. The molecule has 1 fully saturated rings. The van der Waals surface area contributed by atoms with Gasteiger partial charge in [0, 0.05) is 68.5 Å². The standard InChI is InChI=1S/C26H35N7O/c1-19-16-20(2)29-26(28-19)33-22(4)24(21(3)30-33)17-25(34)27-10-11-31-12-14-32(15-13-31)18-23-8-6-5-7-9-23/h5-9,16H,10-15,17-18H2,1-4H3,(H,27,34). The number of nitrogens with zero attached hydrogens (tertiary/aromatic N) is 6. The molecule has 1 amide bonds. The van der Waals surface area contributed by atoms with E-state index >= 15 is 0 Å². The number of carbonyl (C=O) groups is 1. The maximum Gasteiger partial charge on any atom is 0.251 e. The lowest BCUT2D eigenvalue weighted by Crippen LogP contribution is -2.48. The highest BCUT2D eigenvalue weighted by molar-refractivity contribution is 5.79. The van der Waals surface area contributed by atoms with Crippen molar-refractivity contribution in [2.45, 2.75) is 40.7 Å². The Morgan fingerprint density at radius 3 is 2.26 bits per heavy atom. The first-order chi connectivity index (χ1) is 16.4. The highest BCUT2D eigenvalue weighted by Gasteiger charge is 2.19. The fourth-order valence-corrected chi connectivity index (χ4v) is 4.52. The number of aryl methyl sites for hydroxylation is 3. The van der Waals surface area contributed by atoms with Crippen molar-refractivity contribution in [1.82, 2.24) is 34.9 Å². The molecule has 1 aliphatic heterocycles. The summed E-state index contributed by atoms with van der Waals surface area (Å²) >= 11 is 0. The number of hydrogen-bond acceptors (Lipinski definition) is 6. The maximum absolute atomic E-state index is 12.7. The topological polar surface area (TPSA) is 79.2 Å². The second-order valence-electron chi connectivity index (χ2n) is 9.14. The minimum atomic E-state index is 0.0230. The minimum absolute atomic E-state index is 0.0230. The molecule has 3 heterocycles. The van der Waals surface area contributed by atoms with Crippen LogP contribution in [0.2, 0.25) is 0 Å². The zero-order chi connectivity index (χ0) is 24.1. The Labute approximate surface area is 202 Å². The third kappa shape index (κ3) is 6.07. The van der Waals surface area contributed by atoms with Gasteiger partial charge in [-0.2, -0.15) is 5.10 Å². The van der Waals surface area contributed by atoms with E-state index in [1.165, 1.54) is 5.56 Å². The van der Waals surface area contributed by atoms with Gasteiger partial charge in [-0.3, -0.25) is 14.6 Å². The van der Waals surface area contributed by atoms with Gasteiger partial charge in [-0.15, -0.1) is 0 Å². The van der Waals surface area contributed by atoms with Crippen LogP contribution in [0.25, 0.3) is 5.95 Å². The first-order valence-electron chi connectivity index (χ1n) is 12.0. The number of aromatic nitrogens is 4. The summed E-state index contributed by atoms with van der Waals surface area (Å²) in [6.07, 6.45) is 0.313. The molecule has 8 nitrogen and oxygen atoms in total. The fraction of sp³-hybridized carbons (Fsp3) is 0.462. The van der Waals surface area contributed by atoms with Crippen molar-refractivity contribution >= 4 is 5.91 Å². The lowest BCUT2D eigenvalue weighted by molar-refractivity contribution is -0.120. The average molecular weight is 462 g/mol. The normalized spacial score (nSPS) is 14.9. The van der Waals surface area contributed by atoms with Crippen LogP contribution < -0.4 is 5.32 Å². The predicted octanol–water partition coefficient (Wildman–Crippen LogP) is 2.37. The first kappa shape index (κ1) is 24.0. The molecule has 1 saturated heterocycles.